The molecule has 0 spiro atoms. The van der Waals surface area contributed by atoms with Gasteiger partial charge in [-0.3, -0.25) is 38.4 Å². The first-order valence-corrected chi connectivity index (χ1v) is 33.6. The molecule has 5 fully saturated rings. The third-order valence-electron chi connectivity index (χ3n) is 18.0. The topological polar surface area (TPSA) is 282 Å². The van der Waals surface area contributed by atoms with E-state index < -0.39 is 72.7 Å². The average molecular weight is 1270 g/mol. The van der Waals surface area contributed by atoms with E-state index in [4.69, 9.17) is 52.1 Å². The molecule has 3 aliphatic carbocycles. The molecular weight excluding hydrogens is 1180 g/mol. The zero-order chi connectivity index (χ0) is 64.3. The molecule has 11 unspecified atom stereocenters. The molecule has 5 aliphatic rings. The Morgan fingerprint density at radius 1 is 0.440 bits per heavy atom. The molecule has 0 bridgehead atoms. The Balaban J connectivity index is 0.785. The minimum absolute atomic E-state index is 0.0321. The van der Waals surface area contributed by atoms with Crippen LogP contribution in [0.2, 0.25) is 0 Å². The molecule has 91 heavy (non-hydrogen) atoms. The van der Waals surface area contributed by atoms with E-state index in [1.807, 2.05) is 54.6 Å². The fraction of sp³-hybridized carbons (Fsp3) is 0.671. The maximum absolute atomic E-state index is 14.1. The second-order valence-corrected chi connectivity index (χ2v) is 25.2. The molecule has 2 saturated heterocycles. The lowest BCUT2D eigenvalue weighted by atomic mass is 9.85. The van der Waals surface area contributed by atoms with Gasteiger partial charge in [-0.15, -0.1) is 0 Å². The van der Waals surface area contributed by atoms with Crippen molar-refractivity contribution in [1.82, 2.24) is 0 Å². The highest BCUT2D eigenvalue weighted by molar-refractivity contribution is 6.16. The summed E-state index contributed by atoms with van der Waals surface area (Å²) in [6.45, 7) is 2.49. The summed E-state index contributed by atoms with van der Waals surface area (Å²) in [6.07, 6.45) is 11.4. The Bertz CT molecular complexity index is 2830. The molecule has 0 aromatic heterocycles. The van der Waals surface area contributed by atoms with Crippen molar-refractivity contribution in [2.24, 2.45) is 29.6 Å². The highest BCUT2D eigenvalue weighted by atomic mass is 16.6. The average Bonchev–Trinajstić information content (AvgIpc) is 1.66. The van der Waals surface area contributed by atoms with Gasteiger partial charge < -0.3 is 57.2 Å². The summed E-state index contributed by atoms with van der Waals surface area (Å²) in [5.74, 6) is -7.97. The molecule has 3 aromatic carbocycles. The first kappa shape index (κ1) is 70.2. The third-order valence-corrected chi connectivity index (χ3v) is 18.0. The molecule has 21 nitrogen and oxygen atoms in total. The number of fused-ring (bicyclic) bond motifs is 4. The molecule has 500 valence electrons. The minimum Gasteiger partial charge on any atom is -0.466 e. The lowest BCUT2D eigenvalue weighted by molar-refractivity contribution is -0.167. The van der Waals surface area contributed by atoms with Crippen molar-refractivity contribution in [2.75, 3.05) is 52.9 Å². The van der Waals surface area contributed by atoms with E-state index in [0.29, 0.717) is 133 Å². The molecular formula is C70H94O21. The van der Waals surface area contributed by atoms with Crippen molar-refractivity contribution < 1.29 is 100 Å². The lowest BCUT2D eigenvalue weighted by Crippen LogP contribution is -2.38. The molecule has 3 saturated carbocycles. The van der Waals surface area contributed by atoms with Gasteiger partial charge in [0.05, 0.1) is 114 Å². The van der Waals surface area contributed by atoms with Crippen molar-refractivity contribution in [3.8, 4) is 0 Å². The van der Waals surface area contributed by atoms with Crippen LogP contribution < -0.4 is 0 Å². The van der Waals surface area contributed by atoms with E-state index in [1.54, 1.807) is 6.92 Å². The number of esters is 9. The Morgan fingerprint density at radius 2 is 0.835 bits per heavy atom. The van der Waals surface area contributed by atoms with E-state index in [9.17, 15) is 48.3 Å². The van der Waals surface area contributed by atoms with E-state index in [-0.39, 0.29) is 108 Å². The number of rotatable bonds is 40. The third kappa shape index (κ3) is 23.7. The Hall–Kier alpha value is -6.71. The van der Waals surface area contributed by atoms with Crippen LogP contribution in [0.15, 0.2) is 54.6 Å². The predicted octanol–water partition coefficient (Wildman–Crippen LogP) is 10.4. The van der Waals surface area contributed by atoms with Crippen LogP contribution in [0.4, 0.5) is 0 Å². The number of epoxide rings is 2. The summed E-state index contributed by atoms with van der Waals surface area (Å²) in [4.78, 5) is 119. The van der Waals surface area contributed by atoms with Crippen LogP contribution in [0.25, 0.3) is 21.5 Å². The number of benzene rings is 3. The molecule has 2 heterocycles. The van der Waals surface area contributed by atoms with Crippen molar-refractivity contribution >= 4 is 75.3 Å². The molecule has 3 aromatic rings. The largest absolute Gasteiger partial charge is 0.466 e. The standard InChI is InChI=1S/C70H94O21/c1-2-81-61(72)23-7-3-15-33-82-65(76)41-53(68(78)85-36-18-6-10-26-64(75)88-45-48-29-32-58-60(39-48)90-58)54(42-66(77)83-34-16-4-8-24-63(74)87-44-47-28-31-57-59(38-47)89-57)69(79)84-35-17-5-9-25-62(73)86-43-46-27-30-56(55(71)37-46)91-70(80)67-51-21-13-11-19-49(51)40-50-20-12-14-22-52(50)67/h11-14,19-22,40,46-48,53-60,71H,2-10,15-18,23-39,41-45H2,1H3. The maximum Gasteiger partial charge on any atom is 0.339 e. The van der Waals surface area contributed by atoms with E-state index in [2.05, 4.69) is 0 Å². The van der Waals surface area contributed by atoms with Gasteiger partial charge >= 0.3 is 53.7 Å². The number of unbranched alkanes of at least 4 members (excludes halogenated alkanes) is 8. The van der Waals surface area contributed by atoms with Gasteiger partial charge in [0.1, 0.15) is 6.10 Å². The minimum atomic E-state index is -1.52. The summed E-state index contributed by atoms with van der Waals surface area (Å²) in [7, 11) is 0. The van der Waals surface area contributed by atoms with Crippen molar-refractivity contribution in [3.63, 3.8) is 0 Å². The van der Waals surface area contributed by atoms with Gasteiger partial charge in [0.25, 0.3) is 0 Å². The van der Waals surface area contributed by atoms with Gasteiger partial charge in [0.2, 0.25) is 0 Å². The normalized spacial score (nSPS) is 22.8. The second kappa shape index (κ2) is 37.1. The number of carbonyl (C=O) groups is 9. The van der Waals surface area contributed by atoms with Gasteiger partial charge in [-0.2, -0.15) is 0 Å². The molecule has 0 amide bonds. The lowest BCUT2D eigenvalue weighted by Gasteiger charge is -2.32. The molecule has 21 heteroatoms. The van der Waals surface area contributed by atoms with Gasteiger partial charge in [0, 0.05) is 25.7 Å². The van der Waals surface area contributed by atoms with Crippen molar-refractivity contribution in [3.05, 3.63) is 60.2 Å². The SMILES string of the molecule is CCOC(=O)CCCCCOC(=O)CC(C(=O)OCCCCCC(=O)OCC1CCC2OC2C1)C(CC(=O)OCCCCCC(=O)OCC1CCC2OC2C1)C(=O)OCCCCCC(=O)OCC1CCC(OC(=O)c2c3ccccc3cc3ccccc23)C(O)C1. The Labute approximate surface area is 533 Å². The van der Waals surface area contributed by atoms with Crippen LogP contribution in [-0.4, -0.2) is 148 Å². The number of ether oxygens (including phenoxy) is 11. The van der Waals surface area contributed by atoms with Crippen LogP contribution in [0.5, 0.6) is 0 Å². The zero-order valence-electron chi connectivity index (χ0n) is 52.9. The summed E-state index contributed by atoms with van der Waals surface area (Å²) < 4.78 is 61.2. The summed E-state index contributed by atoms with van der Waals surface area (Å²) in [6, 6.07) is 17.3. The maximum atomic E-state index is 14.1. The van der Waals surface area contributed by atoms with Crippen LogP contribution in [0, 0.1) is 29.6 Å². The number of carbonyl (C=O) groups excluding carboxylic acids is 9. The van der Waals surface area contributed by atoms with E-state index >= 15 is 0 Å². The summed E-state index contributed by atoms with van der Waals surface area (Å²) in [5.41, 5.74) is 0.452. The van der Waals surface area contributed by atoms with E-state index in [1.165, 1.54) is 0 Å². The van der Waals surface area contributed by atoms with Crippen molar-refractivity contribution in [2.45, 2.75) is 217 Å². The summed E-state index contributed by atoms with van der Waals surface area (Å²) >= 11 is 0. The van der Waals surface area contributed by atoms with Crippen LogP contribution in [0.1, 0.15) is 191 Å². The van der Waals surface area contributed by atoms with Gasteiger partial charge in [0.15, 0.2) is 0 Å². The molecule has 11 atom stereocenters. The fourth-order valence-corrected chi connectivity index (χ4v) is 12.7. The molecule has 0 radical (unpaired) electrons. The first-order chi connectivity index (χ1) is 44.2. The predicted molar refractivity (Wildman–Crippen MR) is 329 cm³/mol. The Kier molecular flexibility index (Phi) is 28.6. The van der Waals surface area contributed by atoms with Gasteiger partial charge in [-0.05, 0) is 187 Å². The monoisotopic (exact) mass is 1270 g/mol. The molecule has 1 N–H and O–H groups in total. The number of aliphatic hydroxyl groups excluding tert-OH is 1. The fourth-order valence-electron chi connectivity index (χ4n) is 12.7. The number of aliphatic hydroxyl groups is 1. The van der Waals surface area contributed by atoms with Gasteiger partial charge in [-0.1, -0.05) is 48.5 Å². The number of hydrogen-bond acceptors (Lipinski definition) is 21. The van der Waals surface area contributed by atoms with Gasteiger partial charge in [-0.25, -0.2) is 4.79 Å². The number of hydrogen-bond donors (Lipinski definition) is 1. The summed E-state index contributed by atoms with van der Waals surface area (Å²) in [5, 5.41) is 14.5. The molecule has 2 aliphatic heterocycles. The van der Waals surface area contributed by atoms with Crippen LogP contribution in [-0.2, 0) is 90.5 Å². The second-order valence-electron chi connectivity index (χ2n) is 25.2. The van der Waals surface area contributed by atoms with Crippen LogP contribution in [0.3, 0.4) is 0 Å². The first-order valence-electron chi connectivity index (χ1n) is 33.6. The zero-order valence-corrected chi connectivity index (χ0v) is 52.9. The molecule has 8 rings (SSSR count). The van der Waals surface area contributed by atoms with Crippen molar-refractivity contribution in [1.29, 1.82) is 0 Å². The van der Waals surface area contributed by atoms with E-state index in [0.717, 1.165) is 60.1 Å². The highest BCUT2D eigenvalue weighted by Gasteiger charge is 2.45. The Morgan fingerprint density at radius 3 is 1.25 bits per heavy atom. The highest BCUT2D eigenvalue weighted by Crippen LogP contribution is 2.41. The quantitative estimate of drug-likeness (QED) is 0.0182. The smallest absolute Gasteiger partial charge is 0.339 e. The van der Waals surface area contributed by atoms with Crippen LogP contribution >= 0.6 is 0 Å².